The van der Waals surface area contributed by atoms with E-state index in [4.69, 9.17) is 15.7 Å². The topological polar surface area (TPSA) is 93.6 Å². The molecule has 3 N–H and O–H groups in total. The number of aryl methyl sites for hydroxylation is 1. The van der Waals surface area contributed by atoms with Gasteiger partial charge in [0.25, 0.3) is 0 Å². The number of amidine groups is 1. The number of aromatic nitrogens is 2. The molecule has 6 nitrogen and oxygen atoms in total. The number of oxime groups is 1. The van der Waals surface area contributed by atoms with Crippen LogP contribution in [0.15, 0.2) is 5.16 Å². The monoisotopic (exact) mass is 238 g/mol. The molecule has 0 atom stereocenters. The molecule has 1 heterocycles. The Morgan fingerprint density at radius 2 is 1.88 bits per heavy atom. The summed E-state index contributed by atoms with van der Waals surface area (Å²) in [6.45, 7) is 9.30. The molecule has 1 aromatic heterocycles. The first-order valence-electron chi connectivity index (χ1n) is 5.27. The van der Waals surface area contributed by atoms with Crippen LogP contribution in [0, 0.1) is 13.8 Å². The molecule has 0 fully saturated rings. The zero-order valence-corrected chi connectivity index (χ0v) is 10.8. The summed E-state index contributed by atoms with van der Waals surface area (Å²) in [5.74, 6) is 0.246. The van der Waals surface area contributed by atoms with E-state index in [1.807, 2.05) is 27.7 Å². The maximum absolute atomic E-state index is 8.79. The van der Waals surface area contributed by atoms with Gasteiger partial charge in [0.2, 0.25) is 5.88 Å². The number of ether oxygens (including phenoxy) is 1. The van der Waals surface area contributed by atoms with Crippen LogP contribution in [0.1, 0.15) is 37.6 Å². The van der Waals surface area contributed by atoms with E-state index >= 15 is 0 Å². The number of nitrogens with two attached hydrogens (primary N) is 1. The van der Waals surface area contributed by atoms with Crippen molar-refractivity contribution in [2.45, 2.75) is 40.2 Å². The van der Waals surface area contributed by atoms with Gasteiger partial charge in [-0.1, -0.05) is 5.16 Å². The highest BCUT2D eigenvalue weighted by Gasteiger charge is 2.21. The largest absolute Gasteiger partial charge is 0.470 e. The van der Waals surface area contributed by atoms with Crippen molar-refractivity contribution in [3.05, 3.63) is 16.8 Å². The average molecular weight is 238 g/mol. The molecule has 0 aliphatic carbocycles. The van der Waals surface area contributed by atoms with Gasteiger partial charge < -0.3 is 15.7 Å². The fourth-order valence-electron chi connectivity index (χ4n) is 1.30. The van der Waals surface area contributed by atoms with Gasteiger partial charge in [0.1, 0.15) is 5.60 Å². The third kappa shape index (κ3) is 3.05. The summed E-state index contributed by atoms with van der Waals surface area (Å²) >= 11 is 0. The van der Waals surface area contributed by atoms with Crippen molar-refractivity contribution < 1.29 is 9.94 Å². The maximum atomic E-state index is 8.79. The summed E-state index contributed by atoms with van der Waals surface area (Å²) in [5, 5.41) is 19.7. The summed E-state index contributed by atoms with van der Waals surface area (Å²) in [7, 11) is 0. The van der Waals surface area contributed by atoms with E-state index in [1.54, 1.807) is 6.92 Å². The Labute approximate surface area is 100 Å². The third-order valence-corrected chi connectivity index (χ3v) is 2.19. The summed E-state index contributed by atoms with van der Waals surface area (Å²) in [6, 6.07) is 0. The molecule has 0 spiro atoms. The van der Waals surface area contributed by atoms with Gasteiger partial charge in [-0.3, -0.25) is 0 Å². The minimum absolute atomic E-state index is 0.0280. The lowest BCUT2D eigenvalue weighted by atomic mass is 10.1. The molecule has 0 bridgehead atoms. The van der Waals surface area contributed by atoms with Gasteiger partial charge >= 0.3 is 0 Å². The van der Waals surface area contributed by atoms with E-state index < -0.39 is 5.60 Å². The predicted octanol–water partition coefficient (Wildman–Crippen LogP) is 1.37. The van der Waals surface area contributed by atoms with Crippen LogP contribution in [0.25, 0.3) is 0 Å². The van der Waals surface area contributed by atoms with Crippen LogP contribution in [-0.2, 0) is 0 Å². The predicted molar refractivity (Wildman–Crippen MR) is 64.4 cm³/mol. The average Bonchev–Trinajstić information content (AvgIpc) is 2.21. The van der Waals surface area contributed by atoms with Crippen molar-refractivity contribution >= 4 is 5.84 Å². The second-order valence-corrected chi connectivity index (χ2v) is 4.79. The molecule has 1 rings (SSSR count). The second-order valence-electron chi connectivity index (χ2n) is 4.79. The Kier molecular flexibility index (Phi) is 3.55. The molecule has 0 saturated heterocycles. The Balaban J connectivity index is 3.36. The number of hydrogen-bond donors (Lipinski definition) is 2. The van der Waals surface area contributed by atoms with Gasteiger partial charge in [-0.2, -0.15) is 5.10 Å². The van der Waals surface area contributed by atoms with E-state index in [2.05, 4.69) is 15.4 Å². The van der Waals surface area contributed by atoms with Crippen molar-refractivity contribution in [3.8, 4) is 5.88 Å². The van der Waals surface area contributed by atoms with Crippen LogP contribution in [0.3, 0.4) is 0 Å². The second kappa shape index (κ2) is 4.57. The Bertz CT molecular complexity index is 450. The molecule has 0 amide bonds. The lowest BCUT2D eigenvalue weighted by molar-refractivity contribution is 0.122. The van der Waals surface area contributed by atoms with Crippen molar-refractivity contribution in [2.75, 3.05) is 0 Å². The number of rotatable bonds is 2. The van der Waals surface area contributed by atoms with Crippen LogP contribution >= 0.6 is 0 Å². The molecule has 1 aromatic rings. The van der Waals surface area contributed by atoms with Crippen molar-refractivity contribution in [3.63, 3.8) is 0 Å². The Morgan fingerprint density at radius 1 is 1.29 bits per heavy atom. The summed E-state index contributed by atoms with van der Waals surface area (Å²) in [5.41, 5.74) is 7.19. The lowest BCUT2D eigenvalue weighted by Gasteiger charge is -2.22. The Morgan fingerprint density at radius 3 is 2.35 bits per heavy atom. The minimum Gasteiger partial charge on any atom is -0.470 e. The first-order valence-corrected chi connectivity index (χ1v) is 5.27. The molecular formula is C11H18N4O2. The molecule has 0 aliphatic rings. The van der Waals surface area contributed by atoms with Gasteiger partial charge in [-0.15, -0.1) is 5.10 Å². The standard InChI is InChI=1S/C11H18N4O2/c1-6-7(2)13-14-10(17-11(3,4)5)8(6)9(12)15-16/h16H,1-5H3,(H2,12,15). The molecule has 0 unspecified atom stereocenters. The molecule has 6 heteroatoms. The fourth-order valence-corrected chi connectivity index (χ4v) is 1.30. The summed E-state index contributed by atoms with van der Waals surface area (Å²) < 4.78 is 5.65. The molecule has 0 saturated carbocycles. The molecule has 94 valence electrons. The van der Waals surface area contributed by atoms with E-state index in [1.165, 1.54) is 0 Å². The van der Waals surface area contributed by atoms with E-state index in [0.717, 1.165) is 5.56 Å². The molecule has 17 heavy (non-hydrogen) atoms. The maximum Gasteiger partial charge on any atom is 0.245 e. The summed E-state index contributed by atoms with van der Waals surface area (Å²) in [4.78, 5) is 0. The lowest BCUT2D eigenvalue weighted by Crippen LogP contribution is -2.27. The zero-order chi connectivity index (χ0) is 13.2. The highest BCUT2D eigenvalue weighted by Crippen LogP contribution is 2.23. The van der Waals surface area contributed by atoms with Gasteiger partial charge in [-0.05, 0) is 40.2 Å². The van der Waals surface area contributed by atoms with Gasteiger partial charge in [0, 0.05) is 0 Å². The Hall–Kier alpha value is -1.85. The number of nitrogens with zero attached hydrogens (tertiary/aromatic N) is 3. The normalized spacial score (nSPS) is 12.6. The van der Waals surface area contributed by atoms with Crippen molar-refractivity contribution in [2.24, 2.45) is 10.9 Å². The first-order chi connectivity index (χ1) is 7.76. The smallest absolute Gasteiger partial charge is 0.245 e. The number of hydrogen-bond acceptors (Lipinski definition) is 5. The minimum atomic E-state index is -0.430. The first kappa shape index (κ1) is 13.2. The molecule has 0 aromatic carbocycles. The van der Waals surface area contributed by atoms with Gasteiger partial charge in [0.15, 0.2) is 5.84 Å². The SMILES string of the molecule is Cc1nnc(OC(C)(C)C)c(/C(N)=N/O)c1C. The van der Waals surface area contributed by atoms with Crippen LogP contribution in [0.2, 0.25) is 0 Å². The highest BCUT2D eigenvalue weighted by atomic mass is 16.5. The van der Waals surface area contributed by atoms with E-state index in [0.29, 0.717) is 11.3 Å². The van der Waals surface area contributed by atoms with Gasteiger partial charge in [0.05, 0.1) is 11.3 Å². The zero-order valence-electron chi connectivity index (χ0n) is 10.8. The van der Waals surface area contributed by atoms with Crippen LogP contribution in [-0.4, -0.2) is 26.8 Å². The van der Waals surface area contributed by atoms with E-state index in [-0.39, 0.29) is 11.7 Å². The van der Waals surface area contributed by atoms with Crippen molar-refractivity contribution in [1.29, 1.82) is 0 Å². The molecule has 0 radical (unpaired) electrons. The molecule has 0 aliphatic heterocycles. The van der Waals surface area contributed by atoms with E-state index in [9.17, 15) is 0 Å². The molecular weight excluding hydrogens is 220 g/mol. The van der Waals surface area contributed by atoms with Crippen LogP contribution in [0.5, 0.6) is 5.88 Å². The fraction of sp³-hybridized carbons (Fsp3) is 0.545. The summed E-state index contributed by atoms with van der Waals surface area (Å²) in [6.07, 6.45) is 0. The third-order valence-electron chi connectivity index (χ3n) is 2.19. The quantitative estimate of drug-likeness (QED) is 0.351. The van der Waals surface area contributed by atoms with Crippen molar-refractivity contribution in [1.82, 2.24) is 10.2 Å². The van der Waals surface area contributed by atoms with Gasteiger partial charge in [-0.25, -0.2) is 0 Å². The van der Waals surface area contributed by atoms with Crippen LogP contribution < -0.4 is 10.5 Å². The van der Waals surface area contributed by atoms with Crippen LogP contribution in [0.4, 0.5) is 0 Å². The highest BCUT2D eigenvalue weighted by molar-refractivity contribution is 6.00.